The normalized spacial score (nSPS) is 10.5. The number of aromatic hydroxyl groups is 1. The maximum Gasteiger partial charge on any atom is 0.343 e. The Morgan fingerprint density at radius 3 is 2.52 bits per heavy atom. The molecule has 3 aromatic rings. The molecule has 0 radical (unpaired) electrons. The van der Waals surface area contributed by atoms with Crippen molar-refractivity contribution in [1.82, 2.24) is 0 Å². The molecule has 0 aromatic heterocycles. The standard InChI is InChI=1S/C23H18N2O4/c1-2-28-19-10-7-16(8-11-19)23(27)29-20-12-9-18(22(26)13-20)15-25-21-6-4-3-5-17(21)14-24/h3-13,15,26H,2H2,1H3. The zero-order chi connectivity index (χ0) is 20.6. The molecule has 0 heterocycles. The number of nitriles is 1. The van der Waals surface area contributed by atoms with E-state index < -0.39 is 5.97 Å². The first-order chi connectivity index (χ1) is 14.1. The third kappa shape index (κ3) is 4.99. The van der Waals surface area contributed by atoms with Crippen LogP contribution in [0, 0.1) is 11.3 Å². The van der Waals surface area contributed by atoms with Gasteiger partial charge >= 0.3 is 5.97 Å². The molecule has 0 fully saturated rings. The van der Waals surface area contributed by atoms with Crippen molar-refractivity contribution < 1.29 is 19.4 Å². The lowest BCUT2D eigenvalue weighted by Crippen LogP contribution is -2.08. The number of hydrogen-bond acceptors (Lipinski definition) is 6. The van der Waals surface area contributed by atoms with Crippen molar-refractivity contribution >= 4 is 17.9 Å². The van der Waals surface area contributed by atoms with E-state index in [9.17, 15) is 9.90 Å². The molecule has 6 heteroatoms. The Hall–Kier alpha value is -4.11. The molecular weight excluding hydrogens is 368 g/mol. The van der Waals surface area contributed by atoms with Crippen LogP contribution in [-0.2, 0) is 0 Å². The summed E-state index contributed by atoms with van der Waals surface area (Å²) in [5, 5.41) is 19.3. The van der Waals surface area contributed by atoms with Gasteiger partial charge in [-0.25, -0.2) is 4.79 Å². The minimum Gasteiger partial charge on any atom is -0.507 e. The monoisotopic (exact) mass is 386 g/mol. The zero-order valence-corrected chi connectivity index (χ0v) is 15.7. The van der Waals surface area contributed by atoms with Crippen LogP contribution in [0.4, 0.5) is 5.69 Å². The first-order valence-corrected chi connectivity index (χ1v) is 8.92. The topological polar surface area (TPSA) is 91.9 Å². The van der Waals surface area contributed by atoms with Crippen molar-refractivity contribution in [3.63, 3.8) is 0 Å². The van der Waals surface area contributed by atoms with Gasteiger partial charge in [-0.2, -0.15) is 5.26 Å². The Kier molecular flexibility index (Phi) is 6.23. The van der Waals surface area contributed by atoms with Crippen LogP contribution in [0.1, 0.15) is 28.4 Å². The van der Waals surface area contributed by atoms with Gasteiger partial charge in [-0.15, -0.1) is 0 Å². The van der Waals surface area contributed by atoms with Crippen molar-refractivity contribution in [3.8, 4) is 23.3 Å². The van der Waals surface area contributed by atoms with Gasteiger partial charge in [-0.3, -0.25) is 4.99 Å². The number of nitrogens with zero attached hydrogens (tertiary/aromatic N) is 2. The van der Waals surface area contributed by atoms with E-state index in [1.54, 1.807) is 60.7 Å². The van der Waals surface area contributed by atoms with Gasteiger partial charge in [0.05, 0.1) is 23.4 Å². The van der Waals surface area contributed by atoms with Crippen molar-refractivity contribution in [2.24, 2.45) is 4.99 Å². The van der Waals surface area contributed by atoms with Gasteiger partial charge < -0.3 is 14.6 Å². The van der Waals surface area contributed by atoms with Crippen LogP contribution in [0.5, 0.6) is 17.2 Å². The molecule has 0 aliphatic heterocycles. The molecule has 0 amide bonds. The predicted octanol–water partition coefficient (Wildman–Crippen LogP) is 4.63. The van der Waals surface area contributed by atoms with Gasteiger partial charge in [0.1, 0.15) is 23.3 Å². The number of phenolic OH excluding ortho intramolecular Hbond substituents is 1. The predicted molar refractivity (Wildman–Crippen MR) is 109 cm³/mol. The number of aliphatic imine (C=N–C) groups is 1. The highest BCUT2D eigenvalue weighted by Crippen LogP contribution is 2.25. The Bertz CT molecular complexity index is 1080. The van der Waals surface area contributed by atoms with Crippen molar-refractivity contribution in [2.75, 3.05) is 6.61 Å². The van der Waals surface area contributed by atoms with Gasteiger partial charge in [-0.05, 0) is 55.5 Å². The molecule has 0 saturated heterocycles. The second-order valence-corrected chi connectivity index (χ2v) is 5.95. The minimum atomic E-state index is -0.545. The summed E-state index contributed by atoms with van der Waals surface area (Å²) in [7, 11) is 0. The Labute approximate surface area is 168 Å². The third-order valence-corrected chi connectivity index (χ3v) is 3.98. The number of esters is 1. The van der Waals surface area contributed by atoms with E-state index in [0.717, 1.165) is 0 Å². The van der Waals surface area contributed by atoms with Crippen LogP contribution >= 0.6 is 0 Å². The Morgan fingerprint density at radius 2 is 1.83 bits per heavy atom. The second kappa shape index (κ2) is 9.20. The highest BCUT2D eigenvalue weighted by molar-refractivity contribution is 5.91. The molecule has 1 N–H and O–H groups in total. The summed E-state index contributed by atoms with van der Waals surface area (Å²) >= 11 is 0. The lowest BCUT2D eigenvalue weighted by molar-refractivity contribution is 0.0734. The highest BCUT2D eigenvalue weighted by Gasteiger charge is 2.10. The van der Waals surface area contributed by atoms with E-state index in [-0.39, 0.29) is 11.5 Å². The molecule has 29 heavy (non-hydrogen) atoms. The van der Waals surface area contributed by atoms with Crippen LogP contribution in [0.2, 0.25) is 0 Å². The summed E-state index contributed by atoms with van der Waals surface area (Å²) < 4.78 is 10.6. The number of carbonyl (C=O) groups is 1. The molecule has 6 nitrogen and oxygen atoms in total. The lowest BCUT2D eigenvalue weighted by atomic mass is 10.2. The summed E-state index contributed by atoms with van der Waals surface area (Å²) in [5.74, 6) is 0.233. The summed E-state index contributed by atoms with van der Waals surface area (Å²) in [6.45, 7) is 2.42. The Morgan fingerprint density at radius 1 is 1.10 bits per heavy atom. The summed E-state index contributed by atoms with van der Waals surface area (Å²) in [4.78, 5) is 16.5. The third-order valence-electron chi connectivity index (χ3n) is 3.98. The fourth-order valence-corrected chi connectivity index (χ4v) is 2.54. The lowest BCUT2D eigenvalue weighted by Gasteiger charge is -2.07. The number of para-hydroxylation sites is 1. The smallest absolute Gasteiger partial charge is 0.343 e. The van der Waals surface area contributed by atoms with Gasteiger partial charge in [0.15, 0.2) is 0 Å². The Balaban J connectivity index is 1.71. The van der Waals surface area contributed by atoms with E-state index in [2.05, 4.69) is 11.1 Å². The van der Waals surface area contributed by atoms with Crippen LogP contribution in [-0.4, -0.2) is 23.9 Å². The second-order valence-electron chi connectivity index (χ2n) is 5.95. The van der Waals surface area contributed by atoms with Gasteiger partial charge in [0.25, 0.3) is 0 Å². The van der Waals surface area contributed by atoms with Crippen LogP contribution < -0.4 is 9.47 Å². The van der Waals surface area contributed by atoms with Crippen molar-refractivity contribution in [1.29, 1.82) is 5.26 Å². The van der Waals surface area contributed by atoms with Crippen LogP contribution in [0.3, 0.4) is 0 Å². The maximum absolute atomic E-state index is 12.3. The van der Waals surface area contributed by atoms with E-state index in [1.807, 2.05) is 6.92 Å². The molecule has 0 spiro atoms. The molecule has 0 aliphatic rings. The molecule has 0 aliphatic carbocycles. The first kappa shape index (κ1) is 19.6. The number of hydrogen-bond donors (Lipinski definition) is 1. The highest BCUT2D eigenvalue weighted by atomic mass is 16.5. The average Bonchev–Trinajstić information content (AvgIpc) is 2.74. The zero-order valence-electron chi connectivity index (χ0n) is 15.7. The number of carbonyl (C=O) groups excluding carboxylic acids is 1. The van der Waals surface area contributed by atoms with E-state index >= 15 is 0 Å². The minimum absolute atomic E-state index is 0.0971. The molecule has 0 atom stereocenters. The quantitative estimate of drug-likeness (QED) is 0.379. The largest absolute Gasteiger partial charge is 0.507 e. The van der Waals surface area contributed by atoms with E-state index in [1.165, 1.54) is 12.3 Å². The first-order valence-electron chi connectivity index (χ1n) is 8.92. The summed E-state index contributed by atoms with van der Waals surface area (Å²) in [5.41, 5.74) is 1.73. The molecule has 0 unspecified atom stereocenters. The average molecular weight is 386 g/mol. The maximum atomic E-state index is 12.3. The molecule has 0 saturated carbocycles. The van der Waals surface area contributed by atoms with Gasteiger partial charge in [0.2, 0.25) is 0 Å². The number of benzene rings is 3. The molecule has 3 rings (SSSR count). The van der Waals surface area contributed by atoms with E-state index in [0.29, 0.717) is 34.7 Å². The molecule has 0 bridgehead atoms. The number of ether oxygens (including phenoxy) is 2. The molecule has 3 aromatic carbocycles. The summed E-state index contributed by atoms with van der Waals surface area (Å²) in [6.07, 6.45) is 1.45. The molecule has 144 valence electrons. The van der Waals surface area contributed by atoms with Crippen molar-refractivity contribution in [3.05, 3.63) is 83.4 Å². The fourth-order valence-electron chi connectivity index (χ4n) is 2.54. The van der Waals surface area contributed by atoms with Crippen LogP contribution in [0.25, 0.3) is 0 Å². The SMILES string of the molecule is CCOc1ccc(C(=O)Oc2ccc(C=Nc3ccccc3C#N)c(O)c2)cc1. The number of phenols is 1. The number of rotatable bonds is 6. The fraction of sp³-hybridized carbons (Fsp3) is 0.0870. The van der Waals surface area contributed by atoms with Crippen LogP contribution in [0.15, 0.2) is 71.7 Å². The van der Waals surface area contributed by atoms with Gasteiger partial charge in [-0.1, -0.05) is 12.1 Å². The molecular formula is C23H18N2O4. The van der Waals surface area contributed by atoms with Crippen molar-refractivity contribution in [2.45, 2.75) is 6.92 Å². The van der Waals surface area contributed by atoms with Gasteiger partial charge in [0, 0.05) is 17.8 Å². The van der Waals surface area contributed by atoms with E-state index in [4.69, 9.17) is 14.7 Å². The summed E-state index contributed by atoms with van der Waals surface area (Å²) in [6, 6.07) is 20.0.